The van der Waals surface area contributed by atoms with Gasteiger partial charge in [0.2, 0.25) is 5.95 Å². The number of aromatic nitrogens is 3. The van der Waals surface area contributed by atoms with Gasteiger partial charge in [0, 0.05) is 11.8 Å². The van der Waals surface area contributed by atoms with Crippen molar-refractivity contribution in [1.82, 2.24) is 20.3 Å². The van der Waals surface area contributed by atoms with E-state index in [1.165, 1.54) is 0 Å². The Morgan fingerprint density at radius 1 is 1.23 bits per heavy atom. The lowest BCUT2D eigenvalue weighted by molar-refractivity contribution is 0.0944. The Labute approximate surface area is 151 Å². The van der Waals surface area contributed by atoms with Crippen LogP contribution in [-0.4, -0.2) is 20.9 Å². The quantitative estimate of drug-likeness (QED) is 0.732. The Morgan fingerprint density at radius 2 is 2.04 bits per heavy atom. The van der Waals surface area contributed by atoms with Crippen molar-refractivity contribution in [3.8, 4) is 11.5 Å². The summed E-state index contributed by atoms with van der Waals surface area (Å²) in [5, 5.41) is 2.86. The normalized spacial score (nSPS) is 10.7. The lowest BCUT2D eigenvalue weighted by atomic mass is 10.1. The molecule has 3 heterocycles. The monoisotopic (exact) mass is 351 g/mol. The summed E-state index contributed by atoms with van der Waals surface area (Å²) < 4.78 is 5.66. The Kier molecular flexibility index (Phi) is 4.97. The van der Waals surface area contributed by atoms with E-state index in [1.807, 2.05) is 45.0 Å². The summed E-state index contributed by atoms with van der Waals surface area (Å²) in [5.41, 5.74) is 9.17. The fraction of sp³-hybridized carbons (Fsp3) is 0.263. The largest absolute Gasteiger partial charge is 0.460 e. The first-order valence-corrected chi connectivity index (χ1v) is 8.41. The number of amides is 1. The lowest BCUT2D eigenvalue weighted by Gasteiger charge is -2.12. The fourth-order valence-corrected chi connectivity index (χ4v) is 2.74. The van der Waals surface area contributed by atoms with Gasteiger partial charge in [0.15, 0.2) is 5.76 Å². The van der Waals surface area contributed by atoms with Crippen LogP contribution in [0.4, 0.5) is 5.95 Å². The SMILES string of the molecule is CCc1c(C(=O)NCc2ncccc2C)nc(N)nc1-c1ccc(C)o1. The maximum Gasteiger partial charge on any atom is 0.270 e. The van der Waals surface area contributed by atoms with Gasteiger partial charge < -0.3 is 15.5 Å². The van der Waals surface area contributed by atoms with Gasteiger partial charge in [0.1, 0.15) is 17.1 Å². The molecule has 0 saturated heterocycles. The summed E-state index contributed by atoms with van der Waals surface area (Å²) in [6.07, 6.45) is 2.27. The van der Waals surface area contributed by atoms with Crippen LogP contribution in [0.5, 0.6) is 0 Å². The summed E-state index contributed by atoms with van der Waals surface area (Å²) in [6, 6.07) is 7.47. The van der Waals surface area contributed by atoms with E-state index < -0.39 is 0 Å². The molecule has 0 saturated carbocycles. The molecule has 3 aromatic heterocycles. The van der Waals surface area contributed by atoms with Crippen LogP contribution in [0.25, 0.3) is 11.5 Å². The maximum absolute atomic E-state index is 12.7. The van der Waals surface area contributed by atoms with Crippen LogP contribution in [0, 0.1) is 13.8 Å². The molecule has 0 aromatic carbocycles. The van der Waals surface area contributed by atoms with E-state index in [4.69, 9.17) is 10.2 Å². The highest BCUT2D eigenvalue weighted by molar-refractivity contribution is 5.95. The fourth-order valence-electron chi connectivity index (χ4n) is 2.74. The molecule has 0 atom stereocenters. The van der Waals surface area contributed by atoms with Gasteiger partial charge in [0.05, 0.1) is 12.2 Å². The van der Waals surface area contributed by atoms with Crippen molar-refractivity contribution >= 4 is 11.9 Å². The minimum absolute atomic E-state index is 0.0328. The molecule has 0 aliphatic rings. The molecule has 0 aliphatic heterocycles. The number of anilines is 1. The number of pyridine rings is 1. The summed E-state index contributed by atoms with van der Waals surface area (Å²) >= 11 is 0. The molecule has 3 rings (SSSR count). The molecule has 0 bridgehead atoms. The Bertz CT molecular complexity index is 949. The first-order valence-electron chi connectivity index (χ1n) is 8.41. The van der Waals surface area contributed by atoms with Crippen LogP contribution in [0.15, 0.2) is 34.9 Å². The average Bonchev–Trinajstić information content (AvgIpc) is 3.06. The second-order valence-electron chi connectivity index (χ2n) is 5.97. The Balaban J connectivity index is 1.92. The third-order valence-electron chi connectivity index (χ3n) is 4.10. The van der Waals surface area contributed by atoms with Crippen molar-refractivity contribution < 1.29 is 9.21 Å². The van der Waals surface area contributed by atoms with Crippen LogP contribution in [0.2, 0.25) is 0 Å². The lowest BCUT2D eigenvalue weighted by Crippen LogP contribution is -2.27. The van der Waals surface area contributed by atoms with Gasteiger partial charge in [-0.05, 0) is 44.0 Å². The molecule has 7 nitrogen and oxygen atoms in total. The molecule has 0 radical (unpaired) electrons. The Morgan fingerprint density at radius 3 is 2.69 bits per heavy atom. The number of rotatable bonds is 5. The number of nitrogens with two attached hydrogens (primary N) is 1. The number of carbonyl (C=O) groups excluding carboxylic acids is 1. The predicted octanol–water partition coefficient (Wildman–Crippen LogP) is 2.82. The molecule has 3 aromatic rings. The van der Waals surface area contributed by atoms with E-state index in [0.717, 1.165) is 17.0 Å². The second-order valence-corrected chi connectivity index (χ2v) is 5.97. The van der Waals surface area contributed by atoms with Gasteiger partial charge in [-0.25, -0.2) is 9.97 Å². The van der Waals surface area contributed by atoms with Crippen LogP contribution < -0.4 is 11.1 Å². The molecule has 7 heteroatoms. The number of hydrogen-bond donors (Lipinski definition) is 2. The number of furan rings is 1. The van der Waals surface area contributed by atoms with Crippen molar-refractivity contribution in [3.05, 3.63) is 58.7 Å². The van der Waals surface area contributed by atoms with Crippen LogP contribution in [0.3, 0.4) is 0 Å². The van der Waals surface area contributed by atoms with Crippen molar-refractivity contribution in [2.75, 3.05) is 5.73 Å². The average molecular weight is 351 g/mol. The smallest absolute Gasteiger partial charge is 0.270 e. The molecular formula is C19H21N5O2. The number of aryl methyl sites for hydroxylation is 2. The summed E-state index contributed by atoms with van der Waals surface area (Å²) in [7, 11) is 0. The molecule has 1 amide bonds. The van der Waals surface area contributed by atoms with Gasteiger partial charge in [-0.1, -0.05) is 13.0 Å². The second kappa shape index (κ2) is 7.35. The third kappa shape index (κ3) is 3.56. The number of nitrogens with zero attached hydrogens (tertiary/aromatic N) is 3. The van der Waals surface area contributed by atoms with Crippen LogP contribution in [0.1, 0.15) is 40.0 Å². The van der Waals surface area contributed by atoms with Gasteiger partial charge in [-0.2, -0.15) is 0 Å². The van der Waals surface area contributed by atoms with E-state index in [1.54, 1.807) is 6.20 Å². The van der Waals surface area contributed by atoms with E-state index in [9.17, 15) is 4.79 Å². The van der Waals surface area contributed by atoms with Gasteiger partial charge in [-0.3, -0.25) is 9.78 Å². The molecule has 134 valence electrons. The van der Waals surface area contributed by atoms with Crippen LogP contribution in [-0.2, 0) is 13.0 Å². The molecular weight excluding hydrogens is 330 g/mol. The summed E-state index contributed by atoms with van der Waals surface area (Å²) in [6.45, 7) is 6.05. The molecule has 0 unspecified atom stereocenters. The van der Waals surface area contributed by atoms with E-state index in [0.29, 0.717) is 30.0 Å². The minimum Gasteiger partial charge on any atom is -0.460 e. The van der Waals surface area contributed by atoms with Gasteiger partial charge in [0.25, 0.3) is 5.91 Å². The topological polar surface area (TPSA) is 107 Å². The van der Waals surface area contributed by atoms with Gasteiger partial charge in [-0.15, -0.1) is 0 Å². The van der Waals surface area contributed by atoms with Gasteiger partial charge >= 0.3 is 0 Å². The minimum atomic E-state index is -0.314. The van der Waals surface area contributed by atoms with Crippen molar-refractivity contribution in [1.29, 1.82) is 0 Å². The number of nitrogens with one attached hydrogen (secondary N) is 1. The number of carbonyl (C=O) groups is 1. The molecule has 26 heavy (non-hydrogen) atoms. The van der Waals surface area contributed by atoms with E-state index in [-0.39, 0.29) is 17.5 Å². The number of nitrogen functional groups attached to an aromatic ring is 1. The summed E-state index contributed by atoms with van der Waals surface area (Å²) in [4.78, 5) is 25.5. The van der Waals surface area contributed by atoms with E-state index >= 15 is 0 Å². The predicted molar refractivity (Wildman–Crippen MR) is 98.4 cm³/mol. The van der Waals surface area contributed by atoms with Crippen molar-refractivity contribution in [3.63, 3.8) is 0 Å². The maximum atomic E-state index is 12.7. The summed E-state index contributed by atoms with van der Waals surface area (Å²) in [5.74, 6) is 1.05. The molecule has 0 fully saturated rings. The first-order chi connectivity index (χ1) is 12.5. The van der Waals surface area contributed by atoms with E-state index in [2.05, 4.69) is 20.3 Å². The van der Waals surface area contributed by atoms with Crippen LogP contribution >= 0.6 is 0 Å². The zero-order chi connectivity index (χ0) is 18.7. The highest BCUT2D eigenvalue weighted by atomic mass is 16.3. The van der Waals surface area contributed by atoms with Crippen molar-refractivity contribution in [2.45, 2.75) is 33.7 Å². The molecule has 0 aliphatic carbocycles. The first kappa shape index (κ1) is 17.6. The standard InChI is InChI=1S/C19H21N5O2/c1-4-13-16(15-8-7-12(3)26-15)23-19(20)24-17(13)18(25)22-10-14-11(2)6-5-9-21-14/h5-9H,4,10H2,1-3H3,(H,22,25)(H2,20,23,24). The zero-order valence-corrected chi connectivity index (χ0v) is 15.0. The third-order valence-corrected chi connectivity index (χ3v) is 4.10. The molecule has 3 N–H and O–H groups in total. The van der Waals surface area contributed by atoms with Crippen molar-refractivity contribution in [2.24, 2.45) is 0 Å². The zero-order valence-electron chi connectivity index (χ0n) is 15.0. The Hall–Kier alpha value is -3.22. The molecule has 0 spiro atoms. The highest BCUT2D eigenvalue weighted by Crippen LogP contribution is 2.27. The number of hydrogen-bond acceptors (Lipinski definition) is 6. The highest BCUT2D eigenvalue weighted by Gasteiger charge is 2.21.